The van der Waals surface area contributed by atoms with Gasteiger partial charge in [-0.25, -0.2) is 0 Å². The number of carbonyl (C=O) groups is 2. The van der Waals surface area contributed by atoms with Crippen LogP contribution in [0.1, 0.15) is 26.2 Å². The van der Waals surface area contributed by atoms with Gasteiger partial charge in [-0.2, -0.15) is 0 Å². The van der Waals surface area contributed by atoms with Crippen LogP contribution in [-0.4, -0.2) is 18.4 Å². The molecule has 1 atom stereocenters. The maximum atomic E-state index is 11.0. The van der Waals surface area contributed by atoms with E-state index in [1.165, 1.54) is 6.92 Å². The topological polar surface area (TPSA) is 43.4 Å². The first-order valence-electron chi connectivity index (χ1n) is 3.86. The molecule has 0 aromatic carbocycles. The van der Waals surface area contributed by atoms with Crippen molar-refractivity contribution in [1.29, 1.82) is 0 Å². The summed E-state index contributed by atoms with van der Waals surface area (Å²) >= 11 is 0. The van der Waals surface area contributed by atoms with E-state index >= 15 is 0 Å². The Morgan fingerprint density at radius 2 is 2.45 bits per heavy atom. The molecule has 3 heteroatoms. The SMILES string of the molecule is CC(=O)CC1CCCOC1=O. The van der Waals surface area contributed by atoms with Gasteiger partial charge in [0, 0.05) is 6.42 Å². The maximum Gasteiger partial charge on any atom is 0.309 e. The Morgan fingerprint density at radius 1 is 1.73 bits per heavy atom. The van der Waals surface area contributed by atoms with Gasteiger partial charge in [-0.15, -0.1) is 0 Å². The quantitative estimate of drug-likeness (QED) is 0.558. The molecule has 1 fully saturated rings. The molecule has 0 N–H and O–H groups in total. The maximum absolute atomic E-state index is 11.0. The Morgan fingerprint density at radius 3 is 3.00 bits per heavy atom. The molecule has 11 heavy (non-hydrogen) atoms. The number of ketones is 1. The van der Waals surface area contributed by atoms with Crippen LogP contribution in [0.3, 0.4) is 0 Å². The highest BCUT2D eigenvalue weighted by Gasteiger charge is 2.24. The van der Waals surface area contributed by atoms with Gasteiger partial charge in [0.05, 0.1) is 12.5 Å². The number of Topliss-reactive ketones (excluding diaryl/α,β-unsaturated/α-hetero) is 1. The second kappa shape index (κ2) is 3.51. The molecule has 1 saturated heterocycles. The van der Waals surface area contributed by atoms with Gasteiger partial charge in [0.2, 0.25) is 0 Å². The molecule has 1 aliphatic rings. The van der Waals surface area contributed by atoms with Crippen LogP contribution in [0.5, 0.6) is 0 Å². The summed E-state index contributed by atoms with van der Waals surface area (Å²) in [4.78, 5) is 21.6. The largest absolute Gasteiger partial charge is 0.465 e. The number of carbonyl (C=O) groups excluding carboxylic acids is 2. The summed E-state index contributed by atoms with van der Waals surface area (Å²) in [5.74, 6) is -0.304. The van der Waals surface area contributed by atoms with Gasteiger partial charge in [0.25, 0.3) is 0 Å². The third kappa shape index (κ3) is 2.33. The number of cyclic esters (lactones) is 1. The summed E-state index contributed by atoms with van der Waals surface area (Å²) in [6, 6.07) is 0. The van der Waals surface area contributed by atoms with Crippen LogP contribution in [-0.2, 0) is 14.3 Å². The molecule has 0 aliphatic carbocycles. The van der Waals surface area contributed by atoms with Crippen LogP contribution in [0, 0.1) is 5.92 Å². The van der Waals surface area contributed by atoms with Crippen LogP contribution in [0.4, 0.5) is 0 Å². The van der Waals surface area contributed by atoms with Crippen molar-refractivity contribution in [2.45, 2.75) is 26.2 Å². The van der Waals surface area contributed by atoms with Crippen molar-refractivity contribution >= 4 is 11.8 Å². The fraction of sp³-hybridized carbons (Fsp3) is 0.750. The number of hydrogen-bond donors (Lipinski definition) is 0. The third-order valence-electron chi connectivity index (χ3n) is 1.81. The second-order valence-corrected chi connectivity index (χ2v) is 2.91. The summed E-state index contributed by atoms with van der Waals surface area (Å²) in [5, 5.41) is 0. The van der Waals surface area contributed by atoms with Crippen molar-refractivity contribution in [2.24, 2.45) is 5.92 Å². The first-order chi connectivity index (χ1) is 5.20. The average molecular weight is 156 g/mol. The third-order valence-corrected chi connectivity index (χ3v) is 1.81. The van der Waals surface area contributed by atoms with E-state index in [1.54, 1.807) is 0 Å². The smallest absolute Gasteiger partial charge is 0.309 e. The number of rotatable bonds is 2. The molecule has 0 radical (unpaired) electrons. The van der Waals surface area contributed by atoms with E-state index in [9.17, 15) is 9.59 Å². The van der Waals surface area contributed by atoms with Gasteiger partial charge < -0.3 is 9.53 Å². The standard InChI is InChI=1S/C8H12O3/c1-6(9)5-7-3-2-4-11-8(7)10/h7H,2-5H2,1H3. The zero-order valence-corrected chi connectivity index (χ0v) is 6.63. The minimum absolute atomic E-state index is 0.0638. The lowest BCUT2D eigenvalue weighted by Crippen LogP contribution is -2.25. The van der Waals surface area contributed by atoms with Gasteiger partial charge in [0.1, 0.15) is 5.78 Å². The van der Waals surface area contributed by atoms with Gasteiger partial charge in [0.15, 0.2) is 0 Å². The number of esters is 1. The van der Waals surface area contributed by atoms with E-state index in [0.717, 1.165) is 12.8 Å². The first kappa shape index (κ1) is 8.24. The average Bonchev–Trinajstić information content (AvgIpc) is 1.93. The van der Waals surface area contributed by atoms with Crippen LogP contribution < -0.4 is 0 Å². The zero-order valence-electron chi connectivity index (χ0n) is 6.63. The van der Waals surface area contributed by atoms with Crippen LogP contribution in [0.2, 0.25) is 0 Å². The molecule has 0 spiro atoms. The molecule has 3 nitrogen and oxygen atoms in total. The Labute approximate surface area is 65.7 Å². The highest BCUT2D eigenvalue weighted by molar-refractivity contribution is 5.83. The van der Waals surface area contributed by atoms with Gasteiger partial charge in [-0.05, 0) is 19.8 Å². The Hall–Kier alpha value is -0.860. The van der Waals surface area contributed by atoms with Gasteiger partial charge in [-0.1, -0.05) is 0 Å². The molecule has 1 heterocycles. The Kier molecular flexibility index (Phi) is 2.63. The number of hydrogen-bond acceptors (Lipinski definition) is 3. The molecule has 1 rings (SSSR count). The van der Waals surface area contributed by atoms with Gasteiger partial charge >= 0.3 is 5.97 Å². The van der Waals surface area contributed by atoms with E-state index in [-0.39, 0.29) is 17.7 Å². The molecule has 62 valence electrons. The van der Waals surface area contributed by atoms with Crippen LogP contribution in [0.15, 0.2) is 0 Å². The van der Waals surface area contributed by atoms with Crippen molar-refractivity contribution in [3.63, 3.8) is 0 Å². The molecule has 1 aliphatic heterocycles. The molecule has 1 unspecified atom stereocenters. The van der Waals surface area contributed by atoms with Crippen molar-refractivity contribution in [3.8, 4) is 0 Å². The molecule has 0 aromatic heterocycles. The first-order valence-corrected chi connectivity index (χ1v) is 3.86. The minimum Gasteiger partial charge on any atom is -0.465 e. The van der Waals surface area contributed by atoms with Crippen molar-refractivity contribution in [3.05, 3.63) is 0 Å². The zero-order chi connectivity index (χ0) is 8.27. The lowest BCUT2D eigenvalue weighted by atomic mass is 9.96. The van der Waals surface area contributed by atoms with Gasteiger partial charge in [-0.3, -0.25) is 4.79 Å². The van der Waals surface area contributed by atoms with Crippen molar-refractivity contribution in [2.75, 3.05) is 6.61 Å². The summed E-state index contributed by atoms with van der Waals surface area (Å²) < 4.78 is 4.80. The van der Waals surface area contributed by atoms with Crippen molar-refractivity contribution in [1.82, 2.24) is 0 Å². The fourth-order valence-electron chi connectivity index (χ4n) is 1.27. The fourth-order valence-corrected chi connectivity index (χ4v) is 1.27. The number of ether oxygens (including phenoxy) is 1. The summed E-state index contributed by atoms with van der Waals surface area (Å²) in [6.07, 6.45) is 2.04. The predicted octanol–water partition coefficient (Wildman–Crippen LogP) is 0.919. The van der Waals surface area contributed by atoms with E-state index in [1.807, 2.05) is 0 Å². The van der Waals surface area contributed by atoms with E-state index < -0.39 is 0 Å². The minimum atomic E-state index is -0.202. The van der Waals surface area contributed by atoms with E-state index in [4.69, 9.17) is 4.74 Å². The van der Waals surface area contributed by atoms with E-state index in [2.05, 4.69) is 0 Å². The monoisotopic (exact) mass is 156 g/mol. The lowest BCUT2D eigenvalue weighted by molar-refractivity contribution is -0.154. The highest BCUT2D eigenvalue weighted by Crippen LogP contribution is 2.18. The summed E-state index contributed by atoms with van der Waals surface area (Å²) in [6.45, 7) is 2.02. The summed E-state index contributed by atoms with van der Waals surface area (Å²) in [5.41, 5.74) is 0. The molecule has 0 bridgehead atoms. The molecule has 0 saturated carbocycles. The predicted molar refractivity (Wildman–Crippen MR) is 39.0 cm³/mol. The molecular formula is C8H12O3. The lowest BCUT2D eigenvalue weighted by Gasteiger charge is -2.19. The van der Waals surface area contributed by atoms with E-state index in [0.29, 0.717) is 13.0 Å². The normalized spacial score (nSPS) is 24.5. The Bertz CT molecular complexity index is 174. The van der Waals surface area contributed by atoms with Crippen LogP contribution >= 0.6 is 0 Å². The molecule has 0 amide bonds. The summed E-state index contributed by atoms with van der Waals surface area (Å²) in [7, 11) is 0. The second-order valence-electron chi connectivity index (χ2n) is 2.91. The van der Waals surface area contributed by atoms with Crippen LogP contribution in [0.25, 0.3) is 0 Å². The highest BCUT2D eigenvalue weighted by atomic mass is 16.5. The molecular weight excluding hydrogens is 144 g/mol. The Balaban J connectivity index is 2.42. The van der Waals surface area contributed by atoms with Crippen molar-refractivity contribution < 1.29 is 14.3 Å². The molecule has 0 aromatic rings.